The molecule has 1 aliphatic rings. The van der Waals surface area contributed by atoms with E-state index >= 15 is 0 Å². The predicted molar refractivity (Wildman–Crippen MR) is 111 cm³/mol. The van der Waals surface area contributed by atoms with Gasteiger partial charge >= 0.3 is 6.09 Å². The van der Waals surface area contributed by atoms with Crippen molar-refractivity contribution in [2.75, 3.05) is 26.2 Å². The van der Waals surface area contributed by atoms with Gasteiger partial charge in [0, 0.05) is 19.2 Å². The monoisotopic (exact) mass is 387 g/mol. The Labute approximate surface area is 168 Å². The summed E-state index contributed by atoms with van der Waals surface area (Å²) in [6.45, 7) is 9.21. The summed E-state index contributed by atoms with van der Waals surface area (Å²) in [7, 11) is 0. The van der Waals surface area contributed by atoms with Crippen molar-refractivity contribution in [3.63, 3.8) is 0 Å². The van der Waals surface area contributed by atoms with Crippen LogP contribution in [0.25, 0.3) is 0 Å². The summed E-state index contributed by atoms with van der Waals surface area (Å²) in [5.74, 6) is -0.150. The molecule has 2 N–H and O–H groups in total. The molecule has 0 radical (unpaired) electrons. The van der Waals surface area contributed by atoms with Gasteiger partial charge in [-0.15, -0.1) is 0 Å². The van der Waals surface area contributed by atoms with Crippen molar-refractivity contribution in [1.82, 2.24) is 15.5 Å². The summed E-state index contributed by atoms with van der Waals surface area (Å²) >= 11 is 0. The molecule has 2 amide bonds. The summed E-state index contributed by atoms with van der Waals surface area (Å²) in [5.41, 5.74) is 0.501. The Morgan fingerprint density at radius 3 is 2.50 bits per heavy atom. The first-order valence-corrected chi connectivity index (χ1v) is 10.0. The van der Waals surface area contributed by atoms with E-state index in [4.69, 9.17) is 4.74 Å². The lowest BCUT2D eigenvalue weighted by atomic mass is 10.1. The number of benzene rings is 1. The molecule has 6 heteroatoms. The number of rotatable bonds is 8. The molecule has 0 saturated carbocycles. The first-order valence-electron chi connectivity index (χ1n) is 10.0. The number of hydrogen-bond acceptors (Lipinski definition) is 4. The summed E-state index contributed by atoms with van der Waals surface area (Å²) in [6, 6.07) is 9.51. The van der Waals surface area contributed by atoms with Gasteiger partial charge in [0.2, 0.25) is 5.91 Å². The zero-order valence-corrected chi connectivity index (χ0v) is 17.2. The van der Waals surface area contributed by atoms with Crippen molar-refractivity contribution in [3.8, 4) is 0 Å². The standard InChI is InChI=1S/C22H33N3O3/c1-22(2,3)28-21(27)24-19(17-18-9-5-4-6-10-18)11-12-20(26)23-13-16-25-14-7-8-15-25/h4-6,9-12,19H,7-8,13-17H2,1-3H3,(H,23,26)(H,24,27)/b12-11+/t19-/m1/s1. The minimum atomic E-state index is -0.571. The molecule has 1 fully saturated rings. The van der Waals surface area contributed by atoms with Gasteiger partial charge in [0.1, 0.15) is 5.60 Å². The van der Waals surface area contributed by atoms with Crippen LogP contribution in [-0.2, 0) is 16.0 Å². The molecule has 6 nitrogen and oxygen atoms in total. The third-order valence-electron chi connectivity index (χ3n) is 4.41. The van der Waals surface area contributed by atoms with Crippen molar-refractivity contribution in [2.45, 2.75) is 51.7 Å². The molecule has 0 bridgehead atoms. The maximum atomic E-state index is 12.1. The fourth-order valence-electron chi connectivity index (χ4n) is 3.10. The summed E-state index contributed by atoms with van der Waals surface area (Å²) in [6.07, 6.45) is 5.79. The Hall–Kier alpha value is -2.34. The number of nitrogens with one attached hydrogen (secondary N) is 2. The highest BCUT2D eigenvalue weighted by Crippen LogP contribution is 2.09. The molecule has 0 spiro atoms. The second-order valence-electron chi connectivity index (χ2n) is 8.14. The number of carbonyl (C=O) groups excluding carboxylic acids is 2. The molecular weight excluding hydrogens is 354 g/mol. The van der Waals surface area contributed by atoms with E-state index in [9.17, 15) is 9.59 Å². The van der Waals surface area contributed by atoms with E-state index in [2.05, 4.69) is 15.5 Å². The van der Waals surface area contributed by atoms with E-state index in [1.165, 1.54) is 18.9 Å². The van der Waals surface area contributed by atoms with Crippen LogP contribution in [0.1, 0.15) is 39.2 Å². The lowest BCUT2D eigenvalue weighted by Crippen LogP contribution is -2.39. The maximum Gasteiger partial charge on any atom is 0.408 e. The van der Waals surface area contributed by atoms with Crippen molar-refractivity contribution in [1.29, 1.82) is 0 Å². The number of ether oxygens (including phenoxy) is 1. The van der Waals surface area contributed by atoms with E-state index in [1.807, 2.05) is 51.1 Å². The molecular formula is C22H33N3O3. The number of carbonyl (C=O) groups is 2. The quantitative estimate of drug-likeness (QED) is 0.673. The van der Waals surface area contributed by atoms with Crippen LogP contribution in [0.15, 0.2) is 42.5 Å². The average Bonchev–Trinajstić information content (AvgIpc) is 3.12. The summed E-state index contributed by atoms with van der Waals surface area (Å²) in [4.78, 5) is 26.6. The first kappa shape index (κ1) is 22.0. The topological polar surface area (TPSA) is 70.7 Å². The van der Waals surface area contributed by atoms with Gasteiger partial charge in [-0.3, -0.25) is 4.79 Å². The number of alkyl carbamates (subject to hydrolysis) is 1. The zero-order chi connectivity index (χ0) is 20.4. The van der Waals surface area contributed by atoms with Crippen LogP contribution < -0.4 is 10.6 Å². The molecule has 28 heavy (non-hydrogen) atoms. The van der Waals surface area contributed by atoms with E-state index in [-0.39, 0.29) is 11.9 Å². The number of nitrogens with zero attached hydrogens (tertiary/aromatic N) is 1. The van der Waals surface area contributed by atoms with Crippen molar-refractivity contribution < 1.29 is 14.3 Å². The van der Waals surface area contributed by atoms with Crippen LogP contribution in [0, 0.1) is 0 Å². The van der Waals surface area contributed by atoms with Gasteiger partial charge in [0.15, 0.2) is 0 Å². The summed E-state index contributed by atoms with van der Waals surface area (Å²) in [5, 5.41) is 5.75. The fraction of sp³-hybridized carbons (Fsp3) is 0.545. The Morgan fingerprint density at radius 1 is 1.18 bits per heavy atom. The van der Waals surface area contributed by atoms with Gasteiger partial charge < -0.3 is 20.3 Å². The normalized spacial score (nSPS) is 16.1. The van der Waals surface area contributed by atoms with Crippen LogP contribution in [0.5, 0.6) is 0 Å². The van der Waals surface area contributed by atoms with Gasteiger partial charge in [-0.2, -0.15) is 0 Å². The highest BCUT2D eigenvalue weighted by molar-refractivity contribution is 5.87. The van der Waals surface area contributed by atoms with Crippen molar-refractivity contribution in [2.24, 2.45) is 0 Å². The molecule has 1 heterocycles. The molecule has 1 atom stereocenters. The third-order valence-corrected chi connectivity index (χ3v) is 4.41. The highest BCUT2D eigenvalue weighted by Gasteiger charge is 2.19. The van der Waals surface area contributed by atoms with Crippen LogP contribution in [0.3, 0.4) is 0 Å². The average molecular weight is 388 g/mol. The smallest absolute Gasteiger partial charge is 0.408 e. The molecule has 0 aromatic heterocycles. The van der Waals surface area contributed by atoms with Crippen molar-refractivity contribution >= 4 is 12.0 Å². The van der Waals surface area contributed by atoms with E-state index in [0.717, 1.165) is 25.2 Å². The predicted octanol–water partition coefficient (Wildman–Crippen LogP) is 2.89. The van der Waals surface area contributed by atoms with E-state index < -0.39 is 11.7 Å². The molecule has 1 aromatic rings. The Balaban J connectivity index is 1.88. The van der Waals surface area contributed by atoms with Gasteiger partial charge in [0.25, 0.3) is 0 Å². The highest BCUT2D eigenvalue weighted by atomic mass is 16.6. The second-order valence-corrected chi connectivity index (χ2v) is 8.14. The molecule has 0 aliphatic carbocycles. The van der Waals surface area contributed by atoms with Gasteiger partial charge in [-0.1, -0.05) is 36.4 Å². The van der Waals surface area contributed by atoms with Gasteiger partial charge in [0.05, 0.1) is 6.04 Å². The number of likely N-dealkylation sites (tertiary alicyclic amines) is 1. The minimum Gasteiger partial charge on any atom is -0.444 e. The van der Waals surface area contributed by atoms with Gasteiger partial charge in [-0.25, -0.2) is 4.79 Å². The van der Waals surface area contributed by atoms with Crippen LogP contribution in [-0.4, -0.2) is 54.7 Å². The maximum absolute atomic E-state index is 12.1. The zero-order valence-electron chi connectivity index (χ0n) is 17.2. The van der Waals surface area contributed by atoms with Crippen LogP contribution in [0.4, 0.5) is 4.79 Å². The fourth-order valence-corrected chi connectivity index (χ4v) is 3.10. The molecule has 1 aliphatic heterocycles. The SMILES string of the molecule is CC(C)(C)OC(=O)N[C@H](/C=C/C(=O)NCCN1CCCC1)Cc1ccccc1. The minimum absolute atomic E-state index is 0.150. The first-order chi connectivity index (χ1) is 13.3. The van der Waals surface area contributed by atoms with Crippen LogP contribution in [0.2, 0.25) is 0 Å². The van der Waals surface area contributed by atoms with E-state index in [0.29, 0.717) is 13.0 Å². The lowest BCUT2D eigenvalue weighted by molar-refractivity contribution is -0.116. The third kappa shape index (κ3) is 9.04. The van der Waals surface area contributed by atoms with E-state index in [1.54, 1.807) is 6.08 Å². The van der Waals surface area contributed by atoms with Gasteiger partial charge in [-0.05, 0) is 58.7 Å². The lowest BCUT2D eigenvalue weighted by Gasteiger charge is -2.22. The molecule has 1 saturated heterocycles. The molecule has 0 unspecified atom stereocenters. The Bertz CT molecular complexity index is 647. The number of amides is 2. The molecule has 1 aromatic carbocycles. The second kappa shape index (κ2) is 10.9. The molecule has 154 valence electrons. The van der Waals surface area contributed by atoms with Crippen LogP contribution >= 0.6 is 0 Å². The number of hydrogen-bond donors (Lipinski definition) is 2. The Morgan fingerprint density at radius 2 is 1.86 bits per heavy atom. The van der Waals surface area contributed by atoms with Crippen molar-refractivity contribution in [3.05, 3.63) is 48.0 Å². The summed E-state index contributed by atoms with van der Waals surface area (Å²) < 4.78 is 5.34. The molecule has 2 rings (SSSR count). The largest absolute Gasteiger partial charge is 0.444 e. The Kier molecular flexibility index (Phi) is 8.51.